The van der Waals surface area contributed by atoms with E-state index < -0.39 is 54.3 Å². The van der Waals surface area contributed by atoms with E-state index in [1.165, 1.54) is 12.1 Å². The first-order valence-corrected chi connectivity index (χ1v) is 12.5. The Labute approximate surface area is 218 Å². The zero-order valence-corrected chi connectivity index (χ0v) is 21.1. The predicted octanol–water partition coefficient (Wildman–Crippen LogP) is 1.10. The van der Waals surface area contributed by atoms with Gasteiger partial charge in [0.1, 0.15) is 11.5 Å². The second-order valence-electron chi connectivity index (χ2n) is 10.0. The maximum atomic E-state index is 14.8. The Bertz CT molecular complexity index is 1250. The molecule has 1 saturated heterocycles. The monoisotopic (exact) mass is 530 g/mol. The third-order valence-electron chi connectivity index (χ3n) is 7.45. The molecule has 0 saturated carbocycles. The quantitative estimate of drug-likeness (QED) is 0.535. The fourth-order valence-corrected chi connectivity index (χ4v) is 5.22. The van der Waals surface area contributed by atoms with Crippen molar-refractivity contribution in [2.45, 2.75) is 25.4 Å². The van der Waals surface area contributed by atoms with E-state index in [-0.39, 0.29) is 30.7 Å². The summed E-state index contributed by atoms with van der Waals surface area (Å²) in [5.74, 6) is -8.53. The molecule has 1 aromatic carbocycles. The number of hydrogen-bond acceptors (Lipinski definition) is 7. The van der Waals surface area contributed by atoms with Crippen molar-refractivity contribution in [3.05, 3.63) is 59.4 Å². The van der Waals surface area contributed by atoms with Crippen molar-refractivity contribution in [2.75, 3.05) is 39.8 Å². The fraction of sp³-hybridized carbons (Fsp3) is 0.462. The van der Waals surface area contributed by atoms with Crippen LogP contribution in [0.5, 0.6) is 0 Å². The lowest BCUT2D eigenvalue weighted by atomic mass is 9.84. The highest BCUT2D eigenvalue weighted by Crippen LogP contribution is 2.36. The number of amides is 2. The fourth-order valence-electron chi connectivity index (χ4n) is 5.22. The highest BCUT2D eigenvalue weighted by atomic mass is 19.3. The molecule has 202 valence electrons. The van der Waals surface area contributed by atoms with Crippen LogP contribution in [0.15, 0.2) is 53.1 Å². The van der Waals surface area contributed by atoms with Crippen molar-refractivity contribution in [2.24, 2.45) is 16.8 Å². The maximum absolute atomic E-state index is 14.8. The van der Waals surface area contributed by atoms with E-state index >= 15 is 0 Å². The van der Waals surface area contributed by atoms with Gasteiger partial charge in [-0.1, -0.05) is 12.1 Å². The predicted molar refractivity (Wildman–Crippen MR) is 132 cm³/mol. The number of nitrogens with zero attached hydrogens (tertiary/aromatic N) is 4. The van der Waals surface area contributed by atoms with E-state index in [9.17, 15) is 27.6 Å². The van der Waals surface area contributed by atoms with Crippen LogP contribution in [0.3, 0.4) is 0 Å². The Morgan fingerprint density at radius 2 is 1.95 bits per heavy atom. The number of carbonyl (C=O) groups excluding carboxylic acids is 3. The van der Waals surface area contributed by atoms with E-state index in [2.05, 4.69) is 15.6 Å². The molecule has 0 aromatic heterocycles. The molecule has 0 bridgehead atoms. The lowest BCUT2D eigenvalue weighted by Gasteiger charge is -2.37. The molecule has 0 aliphatic carbocycles. The molecule has 4 aliphatic rings. The molecule has 38 heavy (non-hydrogen) atoms. The molecule has 1 aromatic rings. The van der Waals surface area contributed by atoms with E-state index in [0.29, 0.717) is 18.7 Å². The number of hydrogen-bond donors (Lipinski definition) is 2. The first kappa shape index (κ1) is 25.8. The van der Waals surface area contributed by atoms with Crippen LogP contribution in [0.2, 0.25) is 0 Å². The molecule has 2 unspecified atom stereocenters. The minimum absolute atomic E-state index is 0.0126. The van der Waals surface area contributed by atoms with Gasteiger partial charge in [0.15, 0.2) is 5.92 Å². The van der Waals surface area contributed by atoms with Crippen LogP contribution in [-0.2, 0) is 20.8 Å². The zero-order chi connectivity index (χ0) is 27.2. The molecular formula is C26H29F3N6O3. The van der Waals surface area contributed by atoms with Crippen LogP contribution in [0, 0.1) is 17.7 Å². The summed E-state index contributed by atoms with van der Waals surface area (Å²) in [6, 6.07) is 5.80. The number of ketones is 1. The summed E-state index contributed by atoms with van der Waals surface area (Å²) in [6.45, 7) is 0.980. The Kier molecular flexibility index (Phi) is 6.66. The number of allylic oxidation sites excluding steroid dienone is 1. The molecule has 2 N–H and O–H groups in total. The van der Waals surface area contributed by atoms with Crippen LogP contribution in [0.25, 0.3) is 0 Å². The Hall–Kier alpha value is -3.83. The number of alkyl halides is 2. The van der Waals surface area contributed by atoms with E-state index in [4.69, 9.17) is 0 Å². The highest BCUT2D eigenvalue weighted by Gasteiger charge is 2.53. The van der Waals surface area contributed by atoms with Crippen molar-refractivity contribution in [1.82, 2.24) is 25.3 Å². The molecule has 4 heterocycles. The van der Waals surface area contributed by atoms with Gasteiger partial charge in [0, 0.05) is 50.7 Å². The summed E-state index contributed by atoms with van der Waals surface area (Å²) >= 11 is 0. The first-order chi connectivity index (χ1) is 18.1. The van der Waals surface area contributed by atoms with Crippen LogP contribution >= 0.6 is 0 Å². The second-order valence-corrected chi connectivity index (χ2v) is 10.0. The zero-order valence-electron chi connectivity index (χ0n) is 21.1. The largest absolute Gasteiger partial charge is 0.380 e. The van der Waals surface area contributed by atoms with Gasteiger partial charge >= 0.3 is 0 Å². The third kappa shape index (κ3) is 4.74. The number of benzene rings is 1. The summed E-state index contributed by atoms with van der Waals surface area (Å²) in [5, 5.41) is 5.38. The molecule has 2 amide bonds. The van der Waals surface area contributed by atoms with Gasteiger partial charge in [-0.05, 0) is 31.0 Å². The standard InChI is InChI=1S/C26H29F3N6O3/c1-15-33(2)9-10-34(15)8-7-30-24(37)19-23(36)21-22-20(32-13-26(28,29)14-35(22)25(19)38)17(12-31-21)11-16-3-5-18(27)6-4-16/h3-6,9-10,15,17,19,32H,7-8,11-14H2,1-2H3,(H,30,37)/t15-,17?,19?/m1/s1. The molecular weight excluding hydrogens is 501 g/mol. The van der Waals surface area contributed by atoms with Crippen molar-refractivity contribution >= 4 is 23.3 Å². The summed E-state index contributed by atoms with van der Waals surface area (Å²) in [4.78, 5) is 49.0. The number of nitrogens with one attached hydrogen (secondary N) is 2. The molecule has 1 fully saturated rings. The van der Waals surface area contributed by atoms with Gasteiger partial charge in [-0.2, -0.15) is 0 Å². The van der Waals surface area contributed by atoms with E-state index in [1.54, 1.807) is 12.1 Å². The van der Waals surface area contributed by atoms with E-state index in [1.807, 2.05) is 36.2 Å². The molecule has 12 heteroatoms. The van der Waals surface area contributed by atoms with Gasteiger partial charge in [0.05, 0.1) is 25.0 Å². The lowest BCUT2D eigenvalue weighted by Crippen LogP contribution is -2.58. The van der Waals surface area contributed by atoms with Crippen LogP contribution in [0.1, 0.15) is 12.5 Å². The topological polar surface area (TPSA) is 97.3 Å². The molecule has 5 rings (SSSR count). The van der Waals surface area contributed by atoms with Gasteiger partial charge < -0.3 is 25.3 Å². The van der Waals surface area contributed by atoms with Gasteiger partial charge in [-0.3, -0.25) is 19.4 Å². The van der Waals surface area contributed by atoms with Crippen molar-refractivity contribution < 1.29 is 27.6 Å². The second kappa shape index (κ2) is 9.80. The number of dihydropyridines is 1. The normalized spacial score (nSPS) is 26.2. The smallest absolute Gasteiger partial charge is 0.282 e. The van der Waals surface area contributed by atoms with Gasteiger partial charge in [0.25, 0.3) is 5.92 Å². The maximum Gasteiger partial charge on any atom is 0.282 e. The summed E-state index contributed by atoms with van der Waals surface area (Å²) in [5.41, 5.74) is 0.944. The number of Topliss-reactive ketones (excluding diaryl/α,β-unsaturated/α-hetero) is 1. The van der Waals surface area contributed by atoms with Crippen LogP contribution < -0.4 is 10.6 Å². The van der Waals surface area contributed by atoms with Gasteiger partial charge in [-0.15, -0.1) is 0 Å². The van der Waals surface area contributed by atoms with Crippen molar-refractivity contribution in [3.8, 4) is 0 Å². The first-order valence-electron chi connectivity index (χ1n) is 12.5. The number of carbonyl (C=O) groups is 3. The van der Waals surface area contributed by atoms with E-state index in [0.717, 1.165) is 10.5 Å². The summed E-state index contributed by atoms with van der Waals surface area (Å²) < 4.78 is 42.9. The highest BCUT2D eigenvalue weighted by molar-refractivity contribution is 6.55. The number of rotatable bonds is 6. The minimum Gasteiger partial charge on any atom is -0.380 e. The van der Waals surface area contributed by atoms with Crippen molar-refractivity contribution in [1.29, 1.82) is 0 Å². The summed E-state index contributed by atoms with van der Waals surface area (Å²) in [7, 11) is 1.92. The molecule has 9 nitrogen and oxygen atoms in total. The molecule has 4 aliphatic heterocycles. The van der Waals surface area contributed by atoms with Crippen molar-refractivity contribution in [3.63, 3.8) is 0 Å². The van der Waals surface area contributed by atoms with Gasteiger partial charge in [0.2, 0.25) is 17.6 Å². The Balaban J connectivity index is 1.38. The lowest BCUT2D eigenvalue weighted by molar-refractivity contribution is -0.148. The van der Waals surface area contributed by atoms with Crippen LogP contribution in [-0.4, -0.2) is 89.9 Å². The van der Waals surface area contributed by atoms with Crippen LogP contribution in [0.4, 0.5) is 13.2 Å². The minimum atomic E-state index is -3.30. The Morgan fingerprint density at radius 1 is 1.21 bits per heavy atom. The average molecular weight is 531 g/mol. The molecule has 0 spiro atoms. The number of halogens is 3. The number of aliphatic imine (C=N–C) groups is 1. The average Bonchev–Trinajstić information content (AvgIpc) is 3.10. The van der Waals surface area contributed by atoms with Gasteiger partial charge in [-0.25, -0.2) is 13.2 Å². The molecule has 3 atom stereocenters. The molecule has 0 radical (unpaired) electrons. The third-order valence-corrected chi connectivity index (χ3v) is 7.45. The SMILES string of the molecule is C[C@@H]1N(C)C=CN1CCNC(=O)C1C(=O)C2=NCC(Cc3ccc(F)cc3)C3=C2N(CC(F)(F)CN3)C1=O. The number of piperidine rings is 1. The Morgan fingerprint density at radius 3 is 2.63 bits per heavy atom. The summed E-state index contributed by atoms with van der Waals surface area (Å²) in [6.07, 6.45) is 4.19.